The smallest absolute Gasteiger partial charge is 0.152 e. The zero-order valence-electron chi connectivity index (χ0n) is 13.4. The van der Waals surface area contributed by atoms with Gasteiger partial charge in [-0.15, -0.1) is 0 Å². The summed E-state index contributed by atoms with van der Waals surface area (Å²) in [6, 6.07) is 12.6. The highest BCUT2D eigenvalue weighted by atomic mass is 35.5. The van der Waals surface area contributed by atoms with Crippen LogP contribution in [0.5, 0.6) is 5.75 Å². The van der Waals surface area contributed by atoms with Crippen molar-refractivity contribution in [3.8, 4) is 5.75 Å². The van der Waals surface area contributed by atoms with Gasteiger partial charge >= 0.3 is 0 Å². The zero-order chi connectivity index (χ0) is 16.4. The van der Waals surface area contributed by atoms with Gasteiger partial charge in [-0.2, -0.15) is 0 Å². The number of allylic oxidation sites excluding steroid dienone is 1. The molecular weight excluding hydrogens is 320 g/mol. The molecule has 0 spiro atoms. The normalized spacial score (nSPS) is 16.2. The maximum Gasteiger partial charge on any atom is 0.152 e. The molecule has 2 aliphatic rings. The van der Waals surface area contributed by atoms with Gasteiger partial charge in [0.05, 0.1) is 5.02 Å². The maximum atomic E-state index is 6.48. The lowest BCUT2D eigenvalue weighted by Crippen LogP contribution is -2.39. The predicted octanol–water partition coefficient (Wildman–Crippen LogP) is 3.05. The average molecular weight is 339 g/mol. The average Bonchev–Trinajstić information content (AvgIpc) is 2.87. The zero-order valence-corrected chi connectivity index (χ0v) is 14.2. The molecule has 4 heteroatoms. The van der Waals surface area contributed by atoms with Crippen molar-refractivity contribution in [3.05, 3.63) is 75.4 Å². The van der Waals surface area contributed by atoms with Crippen molar-refractivity contribution < 1.29 is 4.74 Å². The van der Waals surface area contributed by atoms with Crippen LogP contribution in [-0.2, 0) is 13.0 Å². The third-order valence-corrected chi connectivity index (χ3v) is 4.74. The molecule has 0 radical (unpaired) electrons. The lowest BCUT2D eigenvalue weighted by atomic mass is 10.1. The van der Waals surface area contributed by atoms with Gasteiger partial charge in [0.2, 0.25) is 0 Å². The fraction of sp³-hybridized carbons (Fsp3) is 0.250. The van der Waals surface area contributed by atoms with Gasteiger partial charge in [0.15, 0.2) is 5.75 Å². The molecule has 3 nitrogen and oxygen atoms in total. The Morgan fingerprint density at radius 2 is 2.08 bits per heavy atom. The van der Waals surface area contributed by atoms with Crippen molar-refractivity contribution in [2.24, 2.45) is 4.99 Å². The second kappa shape index (κ2) is 6.80. The molecule has 0 saturated carbocycles. The van der Waals surface area contributed by atoms with Crippen molar-refractivity contribution >= 4 is 17.7 Å². The van der Waals surface area contributed by atoms with Crippen LogP contribution in [0.1, 0.15) is 17.5 Å². The lowest BCUT2D eigenvalue weighted by molar-refractivity contribution is 0.0949. The van der Waals surface area contributed by atoms with E-state index in [0.29, 0.717) is 6.73 Å². The van der Waals surface area contributed by atoms with Crippen LogP contribution >= 0.6 is 11.6 Å². The third-order valence-electron chi connectivity index (χ3n) is 4.43. The number of fused-ring (bicyclic) bond motifs is 3. The number of ether oxygens (including phenoxy) is 1. The summed E-state index contributed by atoms with van der Waals surface area (Å²) in [5.41, 5.74) is 2.46. The number of nitrogens with zero attached hydrogens (tertiary/aromatic N) is 2. The van der Waals surface area contributed by atoms with E-state index < -0.39 is 0 Å². The Balaban J connectivity index is 1.58. The first-order valence-electron chi connectivity index (χ1n) is 8.25. The molecule has 0 bridgehead atoms. The van der Waals surface area contributed by atoms with Crippen LogP contribution in [0.2, 0.25) is 5.02 Å². The summed E-state index contributed by atoms with van der Waals surface area (Å²) in [6.45, 7) is 2.39. The minimum atomic E-state index is 0.590. The van der Waals surface area contributed by atoms with Crippen molar-refractivity contribution in [3.63, 3.8) is 0 Å². The summed E-state index contributed by atoms with van der Waals surface area (Å²) in [6.07, 6.45) is 7.83. The molecule has 2 aliphatic heterocycles. The van der Waals surface area contributed by atoms with Crippen molar-refractivity contribution in [2.75, 3.05) is 13.3 Å². The van der Waals surface area contributed by atoms with Crippen LogP contribution in [0.15, 0.2) is 53.7 Å². The summed E-state index contributed by atoms with van der Waals surface area (Å²) in [7, 11) is 0. The van der Waals surface area contributed by atoms with Crippen molar-refractivity contribution in [1.82, 2.24) is 4.90 Å². The van der Waals surface area contributed by atoms with Crippen molar-refractivity contribution in [1.29, 1.82) is 0 Å². The van der Waals surface area contributed by atoms with Gasteiger partial charge in [0.1, 0.15) is 12.1 Å². The van der Waals surface area contributed by atoms with Crippen LogP contribution in [0.4, 0.5) is 0 Å². The quantitative estimate of drug-likeness (QED) is 0.859. The maximum absolute atomic E-state index is 6.48. The molecule has 0 atom stereocenters. The standard InChI is InChI=1S/C20H19ClN2O/c21-18-12-16-13-23(11-9-15-6-2-1-3-7-15)14-24-20(16)19-17(18)8-4-5-10-22-19/h1-3,5-8,10,12H,4,9,11,13-14H2. The second-order valence-corrected chi connectivity index (χ2v) is 6.53. The highest BCUT2D eigenvalue weighted by molar-refractivity contribution is 6.30. The van der Waals surface area contributed by atoms with E-state index in [2.05, 4.69) is 40.2 Å². The van der Waals surface area contributed by atoms with Gasteiger partial charge in [-0.3, -0.25) is 9.89 Å². The number of benzene rings is 2. The summed E-state index contributed by atoms with van der Waals surface area (Å²) < 4.78 is 6.05. The molecule has 2 aromatic carbocycles. The van der Waals surface area contributed by atoms with E-state index in [4.69, 9.17) is 16.3 Å². The summed E-state index contributed by atoms with van der Waals surface area (Å²) >= 11 is 6.48. The Morgan fingerprint density at radius 3 is 2.96 bits per heavy atom. The van der Waals surface area contributed by atoms with Gasteiger partial charge in [-0.25, -0.2) is 0 Å². The van der Waals surface area contributed by atoms with E-state index >= 15 is 0 Å². The first kappa shape index (κ1) is 15.4. The minimum absolute atomic E-state index is 0.590. The fourth-order valence-electron chi connectivity index (χ4n) is 3.18. The molecule has 0 aromatic heterocycles. The Morgan fingerprint density at radius 1 is 1.21 bits per heavy atom. The summed E-state index contributed by atoms with van der Waals surface area (Å²) in [4.78, 5) is 6.84. The largest absolute Gasteiger partial charge is 0.475 e. The topological polar surface area (TPSA) is 24.8 Å². The lowest BCUT2D eigenvalue weighted by Gasteiger charge is -2.29. The van der Waals surface area contributed by atoms with E-state index in [1.165, 1.54) is 5.56 Å². The molecule has 2 aromatic rings. The molecule has 0 amide bonds. The van der Waals surface area contributed by atoms with E-state index in [9.17, 15) is 0 Å². The predicted molar refractivity (Wildman–Crippen MR) is 96.5 cm³/mol. The number of hydrogen-bond acceptors (Lipinski definition) is 3. The van der Waals surface area contributed by atoms with Crippen molar-refractivity contribution in [2.45, 2.75) is 19.4 Å². The number of hydrogen-bond donors (Lipinski definition) is 0. The van der Waals surface area contributed by atoms with E-state index in [-0.39, 0.29) is 0 Å². The summed E-state index contributed by atoms with van der Waals surface area (Å²) in [5.74, 6) is 0.883. The molecule has 24 heavy (non-hydrogen) atoms. The van der Waals surface area contributed by atoms with Gasteiger partial charge < -0.3 is 4.74 Å². The van der Waals surface area contributed by atoms with E-state index in [1.54, 1.807) is 0 Å². The molecule has 0 aliphatic carbocycles. The molecular formula is C20H19ClN2O. The van der Waals surface area contributed by atoms with E-state index in [0.717, 1.165) is 52.8 Å². The van der Waals surface area contributed by atoms with Crippen LogP contribution < -0.4 is 15.3 Å². The van der Waals surface area contributed by atoms with E-state index in [1.807, 2.05) is 24.4 Å². The summed E-state index contributed by atoms with van der Waals surface area (Å²) in [5, 5.41) is 2.61. The third kappa shape index (κ3) is 3.10. The molecule has 0 fully saturated rings. The molecule has 0 saturated heterocycles. The highest BCUT2D eigenvalue weighted by Crippen LogP contribution is 2.23. The van der Waals surface area contributed by atoms with Crippen LogP contribution in [-0.4, -0.2) is 18.2 Å². The fourth-order valence-corrected chi connectivity index (χ4v) is 3.47. The van der Waals surface area contributed by atoms with Crippen LogP contribution in [0, 0.1) is 0 Å². The van der Waals surface area contributed by atoms with Crippen LogP contribution in [0.25, 0.3) is 6.08 Å². The van der Waals surface area contributed by atoms with Gasteiger partial charge in [0.25, 0.3) is 0 Å². The molecule has 122 valence electrons. The first-order chi connectivity index (χ1) is 11.8. The Bertz CT molecular complexity index is 890. The Hall–Kier alpha value is -2.10. The van der Waals surface area contributed by atoms with Gasteiger partial charge in [-0.1, -0.05) is 54.1 Å². The molecule has 4 rings (SSSR count). The Labute approximate surface area is 146 Å². The molecule has 0 N–H and O–H groups in total. The van der Waals surface area contributed by atoms with Gasteiger partial charge in [0, 0.05) is 30.1 Å². The number of rotatable bonds is 3. The number of halogens is 1. The molecule has 2 heterocycles. The Kier molecular flexibility index (Phi) is 4.37. The minimum Gasteiger partial charge on any atom is -0.475 e. The SMILES string of the molecule is Clc1cc2c(c3c1=CCC=CN=3)OCN(CCc1ccccc1)C2. The highest BCUT2D eigenvalue weighted by Gasteiger charge is 2.20. The van der Waals surface area contributed by atoms with Gasteiger partial charge in [-0.05, 0) is 24.5 Å². The second-order valence-electron chi connectivity index (χ2n) is 6.12. The molecule has 0 unspecified atom stereocenters. The monoisotopic (exact) mass is 338 g/mol. The van der Waals surface area contributed by atoms with Crippen LogP contribution in [0.3, 0.4) is 0 Å². The first-order valence-corrected chi connectivity index (χ1v) is 8.62.